The third-order valence-corrected chi connectivity index (χ3v) is 7.04. The maximum atomic E-state index is 13.0. The average Bonchev–Trinajstić information content (AvgIpc) is 3.31. The number of piperidine rings is 1. The van der Waals surface area contributed by atoms with E-state index < -0.39 is 4.92 Å². The number of nitro groups is 1. The largest absolute Gasteiger partial charge is 0.338 e. The smallest absolute Gasteiger partial charge is 0.282 e. The summed E-state index contributed by atoms with van der Waals surface area (Å²) < 4.78 is 1.63. The third-order valence-electron chi connectivity index (χ3n) is 7.04. The number of likely N-dealkylation sites (tertiary alicyclic amines) is 1. The Kier molecular flexibility index (Phi) is 6.52. The van der Waals surface area contributed by atoms with Gasteiger partial charge in [-0.05, 0) is 35.4 Å². The molecule has 2 aromatic carbocycles. The lowest BCUT2D eigenvalue weighted by Crippen LogP contribution is -2.38. The minimum absolute atomic E-state index is 0.0538. The zero-order valence-corrected chi connectivity index (χ0v) is 21.5. The Hall–Kier alpha value is -4.41. The van der Waals surface area contributed by atoms with Crippen molar-refractivity contribution in [2.75, 3.05) is 13.1 Å². The number of carbonyl (C=O) groups excluding carboxylic acids is 1. The molecule has 1 amide bonds. The highest BCUT2D eigenvalue weighted by molar-refractivity contribution is 5.98. The van der Waals surface area contributed by atoms with Gasteiger partial charge < -0.3 is 9.88 Å². The molecule has 11 heteroatoms. The Labute approximate surface area is 218 Å². The summed E-state index contributed by atoms with van der Waals surface area (Å²) >= 11 is 0. The molecule has 1 aliphatic rings. The van der Waals surface area contributed by atoms with Gasteiger partial charge in [0.25, 0.3) is 17.2 Å². The average molecular weight is 516 g/mol. The number of H-pyrrole nitrogens is 1. The van der Waals surface area contributed by atoms with Crippen molar-refractivity contribution in [1.82, 2.24) is 29.9 Å². The summed E-state index contributed by atoms with van der Waals surface area (Å²) in [6.45, 7) is 7.72. The van der Waals surface area contributed by atoms with Crippen molar-refractivity contribution in [2.24, 2.45) is 0 Å². The van der Waals surface area contributed by atoms with Crippen molar-refractivity contribution in [3.05, 3.63) is 91.5 Å². The lowest BCUT2D eigenvalue weighted by molar-refractivity contribution is -0.385. The van der Waals surface area contributed by atoms with Gasteiger partial charge >= 0.3 is 0 Å². The maximum Gasteiger partial charge on any atom is 0.282 e. The van der Waals surface area contributed by atoms with E-state index in [1.807, 2.05) is 12.1 Å². The second kappa shape index (κ2) is 9.81. The van der Waals surface area contributed by atoms with Crippen LogP contribution in [-0.4, -0.2) is 53.8 Å². The van der Waals surface area contributed by atoms with Crippen LogP contribution >= 0.6 is 0 Å². The first-order valence-corrected chi connectivity index (χ1v) is 12.6. The van der Waals surface area contributed by atoms with Gasteiger partial charge in [-0.2, -0.15) is 0 Å². The first kappa shape index (κ1) is 25.2. The van der Waals surface area contributed by atoms with E-state index in [-0.39, 0.29) is 39.6 Å². The molecule has 0 saturated carbocycles. The number of rotatable bonds is 5. The van der Waals surface area contributed by atoms with Gasteiger partial charge in [0.2, 0.25) is 0 Å². The lowest BCUT2D eigenvalue weighted by atomic mass is 9.87. The molecule has 1 saturated heterocycles. The molecule has 0 radical (unpaired) electrons. The highest BCUT2D eigenvalue weighted by Gasteiger charge is 2.30. The molecule has 0 spiro atoms. The Morgan fingerprint density at radius 1 is 1.11 bits per heavy atom. The summed E-state index contributed by atoms with van der Waals surface area (Å²) in [6.07, 6.45) is 1.13. The molecule has 38 heavy (non-hydrogen) atoms. The maximum absolute atomic E-state index is 13.0. The fraction of sp³-hybridized carbons (Fsp3) is 0.370. The van der Waals surface area contributed by atoms with Gasteiger partial charge in [0.1, 0.15) is 11.4 Å². The van der Waals surface area contributed by atoms with E-state index in [0.29, 0.717) is 43.9 Å². The molecular formula is C27H29N7O4. The second-order valence-corrected chi connectivity index (χ2v) is 10.7. The van der Waals surface area contributed by atoms with Crippen molar-refractivity contribution in [3.8, 4) is 0 Å². The van der Waals surface area contributed by atoms with Crippen molar-refractivity contribution in [3.63, 3.8) is 0 Å². The molecule has 1 fully saturated rings. The minimum atomic E-state index is -0.542. The number of fused-ring (bicyclic) bond motifs is 1. The number of amides is 1. The number of para-hydroxylation sites is 1. The molecule has 4 aromatic rings. The van der Waals surface area contributed by atoms with Gasteiger partial charge in [-0.25, -0.2) is 9.67 Å². The van der Waals surface area contributed by atoms with Gasteiger partial charge in [-0.3, -0.25) is 19.7 Å². The van der Waals surface area contributed by atoms with Crippen molar-refractivity contribution >= 4 is 22.8 Å². The zero-order chi connectivity index (χ0) is 27.0. The van der Waals surface area contributed by atoms with Gasteiger partial charge in [0.05, 0.1) is 11.5 Å². The van der Waals surface area contributed by atoms with Crippen molar-refractivity contribution in [2.45, 2.75) is 51.5 Å². The number of hydrogen-bond acceptors (Lipinski definition) is 7. The first-order chi connectivity index (χ1) is 18.1. The standard InChI is InChI=1S/C27H29N7O4/c1-27(2,3)19-10-8-17(9-11-19)16-33-24-22(30-31-33)25(35)29-23(28-24)18-12-14-32(15-13-18)26(36)20-6-4-5-7-21(20)34(37)38/h4-11,18H,12-16H2,1-3H3,(H,28,29,35). The summed E-state index contributed by atoms with van der Waals surface area (Å²) in [5, 5.41) is 19.6. The van der Waals surface area contributed by atoms with Crippen LogP contribution < -0.4 is 5.56 Å². The van der Waals surface area contributed by atoms with E-state index >= 15 is 0 Å². The van der Waals surface area contributed by atoms with Gasteiger partial charge in [-0.15, -0.1) is 5.10 Å². The number of nitro benzene ring substituents is 1. The highest BCUT2D eigenvalue weighted by Crippen LogP contribution is 2.28. The van der Waals surface area contributed by atoms with Crippen LogP contribution in [0.15, 0.2) is 53.3 Å². The molecular weight excluding hydrogens is 486 g/mol. The predicted molar refractivity (Wildman–Crippen MR) is 141 cm³/mol. The van der Waals surface area contributed by atoms with Crippen molar-refractivity contribution < 1.29 is 9.72 Å². The van der Waals surface area contributed by atoms with Gasteiger partial charge in [-0.1, -0.05) is 62.4 Å². The van der Waals surface area contributed by atoms with Gasteiger partial charge in [0, 0.05) is 25.1 Å². The van der Waals surface area contributed by atoms with Crippen LogP contribution in [0.2, 0.25) is 0 Å². The fourth-order valence-corrected chi connectivity index (χ4v) is 4.81. The normalized spacial score (nSPS) is 14.7. The molecule has 2 aromatic heterocycles. The molecule has 11 nitrogen and oxygen atoms in total. The summed E-state index contributed by atoms with van der Waals surface area (Å²) in [5.74, 6) is 0.0932. The molecule has 5 rings (SSSR count). The van der Waals surface area contributed by atoms with E-state index in [0.717, 1.165) is 5.56 Å². The predicted octanol–water partition coefficient (Wildman–Crippen LogP) is 3.79. The molecule has 196 valence electrons. The highest BCUT2D eigenvalue weighted by atomic mass is 16.6. The number of aromatic nitrogens is 5. The number of hydrogen-bond donors (Lipinski definition) is 1. The van der Waals surface area contributed by atoms with Gasteiger partial charge in [0.15, 0.2) is 11.2 Å². The summed E-state index contributed by atoms with van der Waals surface area (Å²) in [6, 6.07) is 14.3. The minimum Gasteiger partial charge on any atom is -0.338 e. The Morgan fingerprint density at radius 2 is 1.79 bits per heavy atom. The monoisotopic (exact) mass is 515 g/mol. The Balaban J connectivity index is 1.33. The van der Waals surface area contributed by atoms with E-state index in [4.69, 9.17) is 4.98 Å². The van der Waals surface area contributed by atoms with E-state index in [1.54, 1.807) is 21.7 Å². The quantitative estimate of drug-likeness (QED) is 0.315. The molecule has 3 heterocycles. The third kappa shape index (κ3) is 4.91. The molecule has 0 atom stereocenters. The molecule has 1 N–H and O–H groups in total. The Morgan fingerprint density at radius 3 is 2.45 bits per heavy atom. The molecule has 1 aliphatic heterocycles. The first-order valence-electron chi connectivity index (χ1n) is 12.6. The Bertz CT molecular complexity index is 1560. The van der Waals surface area contributed by atoms with Crippen LogP contribution in [0, 0.1) is 10.1 Å². The molecule has 0 unspecified atom stereocenters. The summed E-state index contributed by atoms with van der Waals surface area (Å²) in [4.78, 5) is 45.8. The van der Waals surface area contributed by atoms with Crippen LogP contribution in [0.1, 0.15) is 66.8 Å². The topological polar surface area (TPSA) is 140 Å². The number of carbonyl (C=O) groups is 1. The summed E-state index contributed by atoms with van der Waals surface area (Å²) in [5.41, 5.74) is 2.43. The number of aromatic amines is 1. The van der Waals surface area contributed by atoms with Crippen LogP contribution in [0.25, 0.3) is 11.2 Å². The lowest BCUT2D eigenvalue weighted by Gasteiger charge is -2.31. The van der Waals surface area contributed by atoms with Crippen LogP contribution in [0.5, 0.6) is 0 Å². The SMILES string of the molecule is CC(C)(C)c1ccc(Cn2nnc3c(=O)[nH]c(C4CCN(C(=O)c5ccccc5[N+](=O)[O-])CC4)nc32)cc1. The molecule has 0 aliphatic carbocycles. The zero-order valence-electron chi connectivity index (χ0n) is 21.5. The van der Waals surface area contributed by atoms with Crippen LogP contribution in [0.4, 0.5) is 5.69 Å². The fourth-order valence-electron chi connectivity index (χ4n) is 4.81. The van der Waals surface area contributed by atoms with E-state index in [2.05, 4.69) is 48.2 Å². The molecule has 0 bridgehead atoms. The number of nitrogens with one attached hydrogen (secondary N) is 1. The number of nitrogens with zero attached hydrogens (tertiary/aromatic N) is 6. The van der Waals surface area contributed by atoms with Crippen molar-refractivity contribution in [1.29, 1.82) is 0 Å². The second-order valence-electron chi connectivity index (χ2n) is 10.7. The number of benzene rings is 2. The van der Waals surface area contributed by atoms with E-state index in [9.17, 15) is 19.7 Å². The van der Waals surface area contributed by atoms with Crippen LogP contribution in [-0.2, 0) is 12.0 Å². The van der Waals surface area contributed by atoms with E-state index in [1.165, 1.54) is 17.7 Å². The summed E-state index contributed by atoms with van der Waals surface area (Å²) in [7, 11) is 0. The van der Waals surface area contributed by atoms with Crippen LogP contribution in [0.3, 0.4) is 0 Å².